The molecule has 15 heavy (non-hydrogen) atoms. The van der Waals surface area contributed by atoms with Crippen molar-refractivity contribution in [2.24, 2.45) is 0 Å². The molecule has 1 unspecified atom stereocenters. The van der Waals surface area contributed by atoms with E-state index in [0.717, 1.165) is 6.54 Å². The molecule has 0 amide bonds. The highest BCUT2D eigenvalue weighted by atomic mass is 16.3. The average Bonchev–Trinajstić information content (AvgIpc) is 2.45. The molecule has 82 valence electrons. The van der Waals surface area contributed by atoms with Crippen LogP contribution in [0.3, 0.4) is 0 Å². The fourth-order valence-corrected chi connectivity index (χ4v) is 2.17. The summed E-state index contributed by atoms with van der Waals surface area (Å²) in [5.41, 5.74) is 3.21. The van der Waals surface area contributed by atoms with Gasteiger partial charge in [-0.15, -0.1) is 0 Å². The zero-order valence-corrected chi connectivity index (χ0v) is 9.67. The first-order chi connectivity index (χ1) is 6.96. The van der Waals surface area contributed by atoms with E-state index in [2.05, 4.69) is 30.4 Å². The zero-order valence-electron chi connectivity index (χ0n) is 9.67. The molecule has 0 saturated heterocycles. The summed E-state index contributed by atoms with van der Waals surface area (Å²) in [5, 5.41) is 13.1. The van der Waals surface area contributed by atoms with Crippen molar-refractivity contribution in [1.29, 1.82) is 0 Å². The van der Waals surface area contributed by atoms with Crippen LogP contribution in [0.2, 0.25) is 0 Å². The number of nitrogens with one attached hydrogen (secondary N) is 1. The molecule has 0 aliphatic carbocycles. The Labute approximate surface area is 91.3 Å². The van der Waals surface area contributed by atoms with Crippen molar-refractivity contribution in [3.63, 3.8) is 0 Å². The minimum Gasteiger partial charge on any atom is -0.390 e. The molecule has 1 atom stereocenters. The van der Waals surface area contributed by atoms with E-state index in [1.807, 2.05) is 13.8 Å². The zero-order chi connectivity index (χ0) is 11.1. The lowest BCUT2D eigenvalue weighted by molar-refractivity contribution is 0.0810. The standard InChI is InChI=1S/C13H19NO/c1-9-8-14-12-6-10(4-5-11(9)12)7-13(2,3)15/h4-6,9,14-15H,7-8H2,1-3H3. The summed E-state index contributed by atoms with van der Waals surface area (Å²) in [7, 11) is 0. The van der Waals surface area contributed by atoms with E-state index in [4.69, 9.17) is 0 Å². The number of anilines is 1. The maximum atomic E-state index is 9.75. The SMILES string of the molecule is CC1CNc2cc(CC(C)(C)O)ccc21. The first kappa shape index (κ1) is 10.5. The Hall–Kier alpha value is -1.02. The van der Waals surface area contributed by atoms with E-state index in [1.54, 1.807) is 0 Å². The average molecular weight is 205 g/mol. The second-order valence-corrected chi connectivity index (χ2v) is 5.19. The molecule has 1 aromatic carbocycles. The van der Waals surface area contributed by atoms with Crippen LogP contribution in [0.15, 0.2) is 18.2 Å². The molecule has 0 saturated carbocycles. The second kappa shape index (κ2) is 3.53. The minimum atomic E-state index is -0.627. The van der Waals surface area contributed by atoms with Crippen molar-refractivity contribution in [2.45, 2.75) is 38.7 Å². The van der Waals surface area contributed by atoms with Crippen molar-refractivity contribution in [3.8, 4) is 0 Å². The van der Waals surface area contributed by atoms with Crippen LogP contribution in [0.25, 0.3) is 0 Å². The number of aliphatic hydroxyl groups is 1. The first-order valence-corrected chi connectivity index (χ1v) is 5.55. The minimum absolute atomic E-state index is 0.608. The largest absolute Gasteiger partial charge is 0.390 e. The lowest BCUT2D eigenvalue weighted by Gasteiger charge is -2.17. The summed E-state index contributed by atoms with van der Waals surface area (Å²) in [6.07, 6.45) is 0.705. The van der Waals surface area contributed by atoms with Crippen LogP contribution in [0.1, 0.15) is 37.8 Å². The first-order valence-electron chi connectivity index (χ1n) is 5.55. The summed E-state index contributed by atoms with van der Waals surface area (Å²) in [5.74, 6) is 0.608. The van der Waals surface area contributed by atoms with Crippen molar-refractivity contribution in [3.05, 3.63) is 29.3 Å². The third kappa shape index (κ3) is 2.32. The third-order valence-corrected chi connectivity index (χ3v) is 2.88. The van der Waals surface area contributed by atoms with Crippen molar-refractivity contribution in [2.75, 3.05) is 11.9 Å². The fourth-order valence-electron chi connectivity index (χ4n) is 2.17. The molecule has 0 aromatic heterocycles. The van der Waals surface area contributed by atoms with Crippen LogP contribution >= 0.6 is 0 Å². The Bertz CT molecular complexity index is 365. The van der Waals surface area contributed by atoms with E-state index < -0.39 is 5.60 Å². The van der Waals surface area contributed by atoms with E-state index >= 15 is 0 Å². The maximum absolute atomic E-state index is 9.75. The number of hydrogen-bond donors (Lipinski definition) is 2. The van der Waals surface area contributed by atoms with Crippen LogP contribution in [-0.2, 0) is 6.42 Å². The van der Waals surface area contributed by atoms with Gasteiger partial charge in [0, 0.05) is 24.6 Å². The molecule has 1 aromatic rings. The summed E-state index contributed by atoms with van der Waals surface area (Å²) < 4.78 is 0. The van der Waals surface area contributed by atoms with Crippen LogP contribution in [0.4, 0.5) is 5.69 Å². The number of rotatable bonds is 2. The van der Waals surface area contributed by atoms with Gasteiger partial charge < -0.3 is 10.4 Å². The quantitative estimate of drug-likeness (QED) is 0.777. The van der Waals surface area contributed by atoms with Crippen molar-refractivity contribution < 1.29 is 5.11 Å². The molecule has 1 aliphatic rings. The van der Waals surface area contributed by atoms with Gasteiger partial charge in [-0.3, -0.25) is 0 Å². The Kier molecular flexibility index (Phi) is 2.47. The van der Waals surface area contributed by atoms with Gasteiger partial charge in [0.25, 0.3) is 0 Å². The summed E-state index contributed by atoms with van der Waals surface area (Å²) in [6, 6.07) is 6.47. The highest BCUT2D eigenvalue weighted by Gasteiger charge is 2.19. The number of fused-ring (bicyclic) bond motifs is 1. The fraction of sp³-hybridized carbons (Fsp3) is 0.538. The number of benzene rings is 1. The van der Waals surface area contributed by atoms with Gasteiger partial charge in [0.1, 0.15) is 0 Å². The molecule has 0 fully saturated rings. The molecule has 0 radical (unpaired) electrons. The Balaban J connectivity index is 2.24. The molecule has 1 heterocycles. The van der Waals surface area contributed by atoms with Crippen LogP contribution in [0, 0.1) is 0 Å². The second-order valence-electron chi connectivity index (χ2n) is 5.19. The van der Waals surface area contributed by atoms with E-state index in [-0.39, 0.29) is 0 Å². The van der Waals surface area contributed by atoms with Gasteiger partial charge in [-0.1, -0.05) is 19.1 Å². The normalized spacial score (nSPS) is 19.9. The monoisotopic (exact) mass is 205 g/mol. The predicted molar refractivity (Wildman–Crippen MR) is 63.3 cm³/mol. The highest BCUT2D eigenvalue weighted by molar-refractivity contribution is 5.59. The number of hydrogen-bond acceptors (Lipinski definition) is 2. The summed E-state index contributed by atoms with van der Waals surface area (Å²) in [6.45, 7) is 6.95. The van der Waals surface area contributed by atoms with E-state index in [1.165, 1.54) is 16.8 Å². The molecule has 0 spiro atoms. The Morgan fingerprint density at radius 1 is 1.47 bits per heavy atom. The molecule has 0 bridgehead atoms. The molecule has 2 rings (SSSR count). The van der Waals surface area contributed by atoms with Crippen LogP contribution < -0.4 is 5.32 Å². The molecule has 2 N–H and O–H groups in total. The lowest BCUT2D eigenvalue weighted by Crippen LogP contribution is -2.21. The molecule has 2 heteroatoms. The van der Waals surface area contributed by atoms with Gasteiger partial charge in [-0.05, 0) is 31.0 Å². The van der Waals surface area contributed by atoms with E-state index in [9.17, 15) is 5.11 Å². The maximum Gasteiger partial charge on any atom is 0.0631 e. The summed E-state index contributed by atoms with van der Waals surface area (Å²) in [4.78, 5) is 0. The van der Waals surface area contributed by atoms with Crippen LogP contribution in [0.5, 0.6) is 0 Å². The highest BCUT2D eigenvalue weighted by Crippen LogP contribution is 2.32. The smallest absolute Gasteiger partial charge is 0.0631 e. The van der Waals surface area contributed by atoms with Gasteiger partial charge in [-0.2, -0.15) is 0 Å². The molecule has 2 nitrogen and oxygen atoms in total. The lowest BCUT2D eigenvalue weighted by atomic mass is 9.95. The van der Waals surface area contributed by atoms with Crippen molar-refractivity contribution >= 4 is 5.69 Å². The third-order valence-electron chi connectivity index (χ3n) is 2.88. The molecular weight excluding hydrogens is 186 g/mol. The topological polar surface area (TPSA) is 32.3 Å². The van der Waals surface area contributed by atoms with Crippen LogP contribution in [-0.4, -0.2) is 17.3 Å². The Morgan fingerprint density at radius 3 is 2.87 bits per heavy atom. The van der Waals surface area contributed by atoms with Gasteiger partial charge in [-0.25, -0.2) is 0 Å². The van der Waals surface area contributed by atoms with Gasteiger partial charge in [0.05, 0.1) is 5.60 Å². The molecule has 1 aliphatic heterocycles. The predicted octanol–water partition coefficient (Wildman–Crippen LogP) is 2.53. The molecular formula is C13H19NO. The van der Waals surface area contributed by atoms with E-state index in [0.29, 0.717) is 12.3 Å². The van der Waals surface area contributed by atoms with Crippen molar-refractivity contribution in [1.82, 2.24) is 0 Å². The van der Waals surface area contributed by atoms with Gasteiger partial charge in [0.2, 0.25) is 0 Å². The van der Waals surface area contributed by atoms with Gasteiger partial charge in [0.15, 0.2) is 0 Å². The Morgan fingerprint density at radius 2 is 2.20 bits per heavy atom. The summed E-state index contributed by atoms with van der Waals surface area (Å²) >= 11 is 0. The van der Waals surface area contributed by atoms with Gasteiger partial charge >= 0.3 is 0 Å².